The van der Waals surface area contributed by atoms with Crippen LogP contribution < -0.4 is 10.6 Å². The first-order valence-corrected chi connectivity index (χ1v) is 19.4. The summed E-state index contributed by atoms with van der Waals surface area (Å²) in [6.45, 7) is 9.01. The Hall–Kier alpha value is -5.08. The first-order chi connectivity index (χ1) is 25.4. The van der Waals surface area contributed by atoms with Crippen LogP contribution in [0.2, 0.25) is 0 Å². The third-order valence-electron chi connectivity index (χ3n) is 11.8. The smallest absolute Gasteiger partial charge is 0.0760 e. The molecule has 2 nitrogen and oxygen atoms in total. The number of hydrogen-bond acceptors (Lipinski definition) is 2. The van der Waals surface area contributed by atoms with E-state index in [1.165, 1.54) is 89.3 Å². The average molecular weight is 681 g/mol. The van der Waals surface area contributed by atoms with Crippen molar-refractivity contribution in [1.82, 2.24) is 0 Å². The van der Waals surface area contributed by atoms with Crippen LogP contribution >= 0.6 is 0 Å². The number of rotatable bonds is 7. The van der Waals surface area contributed by atoms with Gasteiger partial charge in [0, 0.05) is 11.4 Å². The lowest BCUT2D eigenvalue weighted by atomic mass is 9.82. The minimum atomic E-state index is -0.0298. The Balaban J connectivity index is 1.34. The summed E-state index contributed by atoms with van der Waals surface area (Å²) in [5.74, 6) is 0. The zero-order chi connectivity index (χ0) is 35.6. The molecule has 0 radical (unpaired) electrons. The van der Waals surface area contributed by atoms with E-state index in [1.807, 2.05) is 0 Å². The van der Waals surface area contributed by atoms with Crippen molar-refractivity contribution in [3.05, 3.63) is 199 Å². The van der Waals surface area contributed by atoms with E-state index in [2.05, 4.69) is 160 Å². The van der Waals surface area contributed by atoms with Crippen molar-refractivity contribution in [3.63, 3.8) is 0 Å². The van der Waals surface area contributed by atoms with Gasteiger partial charge in [0.25, 0.3) is 0 Å². The van der Waals surface area contributed by atoms with E-state index in [1.54, 1.807) is 0 Å². The number of benzene rings is 6. The Morgan fingerprint density at radius 3 is 0.981 bits per heavy atom. The summed E-state index contributed by atoms with van der Waals surface area (Å²) in [5.41, 5.74) is 21.7. The standard InChI is InChI=1S/C50H52N2/c1-33-7-5-8-34(2)47(33)51-49(45-31-41-21-19-37-11-15-39(16-12-37)23-27-43(45)29-25-41)50(52-48-35(3)9-6-10-36(48)4)46-32-42-22-20-38-13-17-40(18-14-38)24-28-44(46)30-26-42/h5-18,25-26,29-32,49-52H,19-24,27-28H2,1-4H3/t49-,50+. The van der Waals surface area contributed by atoms with Crippen LogP contribution in [0.1, 0.15) is 90.0 Å². The Morgan fingerprint density at radius 1 is 0.346 bits per heavy atom. The van der Waals surface area contributed by atoms with Crippen molar-refractivity contribution in [1.29, 1.82) is 0 Å². The maximum Gasteiger partial charge on any atom is 0.0760 e. The fourth-order valence-electron chi connectivity index (χ4n) is 8.59. The Bertz CT molecular complexity index is 1990. The normalized spacial score (nSPS) is 14.9. The van der Waals surface area contributed by atoms with E-state index in [0.29, 0.717) is 0 Å². The molecule has 8 aliphatic rings. The van der Waals surface area contributed by atoms with E-state index in [4.69, 9.17) is 0 Å². The number of aryl methyl sites for hydroxylation is 12. The van der Waals surface area contributed by atoms with Crippen LogP contribution in [-0.2, 0) is 51.4 Å². The van der Waals surface area contributed by atoms with Gasteiger partial charge in [-0.05, 0) is 157 Å². The summed E-state index contributed by atoms with van der Waals surface area (Å²) < 4.78 is 0. The molecular formula is C50H52N2. The molecule has 0 spiro atoms. The zero-order valence-electron chi connectivity index (χ0n) is 31.4. The largest absolute Gasteiger partial charge is 0.375 e. The summed E-state index contributed by atoms with van der Waals surface area (Å²) in [6, 6.07) is 46.8. The molecule has 262 valence electrons. The van der Waals surface area contributed by atoms with Gasteiger partial charge in [0.15, 0.2) is 0 Å². The van der Waals surface area contributed by atoms with Crippen LogP contribution in [0.4, 0.5) is 11.4 Å². The fourth-order valence-corrected chi connectivity index (χ4v) is 8.59. The van der Waals surface area contributed by atoms with E-state index in [9.17, 15) is 0 Å². The minimum Gasteiger partial charge on any atom is -0.375 e. The van der Waals surface area contributed by atoms with Gasteiger partial charge >= 0.3 is 0 Å². The molecule has 8 aliphatic carbocycles. The van der Waals surface area contributed by atoms with Gasteiger partial charge in [0.05, 0.1) is 12.1 Å². The monoisotopic (exact) mass is 680 g/mol. The first kappa shape index (κ1) is 34.0. The summed E-state index contributed by atoms with van der Waals surface area (Å²) in [6.07, 6.45) is 8.19. The van der Waals surface area contributed by atoms with Gasteiger partial charge in [-0.25, -0.2) is 0 Å². The molecule has 14 rings (SSSR count). The maximum atomic E-state index is 4.29. The molecule has 0 saturated carbocycles. The van der Waals surface area contributed by atoms with Gasteiger partial charge < -0.3 is 10.6 Å². The van der Waals surface area contributed by atoms with Gasteiger partial charge in [-0.3, -0.25) is 0 Å². The highest BCUT2D eigenvalue weighted by Crippen LogP contribution is 2.42. The van der Waals surface area contributed by atoms with Gasteiger partial charge in [0.2, 0.25) is 0 Å². The predicted molar refractivity (Wildman–Crippen MR) is 220 cm³/mol. The molecule has 0 heterocycles. The highest BCUT2D eigenvalue weighted by Gasteiger charge is 2.31. The molecule has 0 aromatic heterocycles. The van der Waals surface area contributed by atoms with Crippen molar-refractivity contribution in [3.8, 4) is 0 Å². The molecule has 8 bridgehead atoms. The summed E-state index contributed by atoms with van der Waals surface area (Å²) >= 11 is 0. The molecule has 0 saturated heterocycles. The Kier molecular flexibility index (Phi) is 9.74. The maximum absolute atomic E-state index is 4.29. The van der Waals surface area contributed by atoms with Crippen molar-refractivity contribution in [2.45, 2.75) is 91.1 Å². The second-order valence-electron chi connectivity index (χ2n) is 15.5. The number of hydrogen-bond donors (Lipinski definition) is 2. The van der Waals surface area contributed by atoms with Crippen molar-refractivity contribution < 1.29 is 0 Å². The molecule has 6 aromatic rings. The zero-order valence-corrected chi connectivity index (χ0v) is 31.4. The number of nitrogens with one attached hydrogen (secondary N) is 2. The molecule has 0 unspecified atom stereocenters. The molecule has 2 heteroatoms. The predicted octanol–water partition coefficient (Wildman–Crippen LogP) is 11.7. The van der Waals surface area contributed by atoms with E-state index < -0.39 is 0 Å². The van der Waals surface area contributed by atoms with Crippen LogP contribution in [0.15, 0.2) is 121 Å². The molecular weight excluding hydrogens is 629 g/mol. The fraction of sp³-hybridized carbons (Fsp3) is 0.280. The summed E-state index contributed by atoms with van der Waals surface area (Å²) in [4.78, 5) is 0. The first-order valence-electron chi connectivity index (χ1n) is 19.4. The third-order valence-corrected chi connectivity index (χ3v) is 11.8. The lowest BCUT2D eigenvalue weighted by molar-refractivity contribution is 0.631. The molecule has 2 atom stereocenters. The van der Waals surface area contributed by atoms with Crippen LogP contribution in [0.25, 0.3) is 0 Å². The third kappa shape index (κ3) is 7.30. The molecule has 0 amide bonds. The Labute approximate surface area is 311 Å². The number of para-hydroxylation sites is 2. The van der Waals surface area contributed by atoms with E-state index in [-0.39, 0.29) is 12.1 Å². The van der Waals surface area contributed by atoms with Gasteiger partial charge in [-0.1, -0.05) is 121 Å². The van der Waals surface area contributed by atoms with Crippen molar-refractivity contribution >= 4 is 11.4 Å². The SMILES string of the molecule is Cc1cccc(C)c1N[C@H](c1cc2ccc1CCc1ccc(cc1)CC2)[C@@H](Nc1c(C)cccc1C)c1cc2ccc1CCc1ccc(cc1)CC2. The Morgan fingerprint density at radius 2 is 0.635 bits per heavy atom. The second-order valence-corrected chi connectivity index (χ2v) is 15.5. The average Bonchev–Trinajstić information content (AvgIpc) is 3.14. The van der Waals surface area contributed by atoms with Crippen LogP contribution in [0.3, 0.4) is 0 Å². The lowest BCUT2D eigenvalue weighted by Crippen LogP contribution is -2.29. The highest BCUT2D eigenvalue weighted by atomic mass is 15.0. The second kappa shape index (κ2) is 14.9. The van der Waals surface area contributed by atoms with E-state index >= 15 is 0 Å². The molecule has 2 N–H and O–H groups in total. The molecule has 52 heavy (non-hydrogen) atoms. The van der Waals surface area contributed by atoms with Crippen LogP contribution in [-0.4, -0.2) is 0 Å². The summed E-state index contributed by atoms with van der Waals surface area (Å²) in [7, 11) is 0. The molecule has 6 aromatic carbocycles. The van der Waals surface area contributed by atoms with Gasteiger partial charge in [-0.2, -0.15) is 0 Å². The minimum absolute atomic E-state index is 0.0298. The highest BCUT2D eigenvalue weighted by molar-refractivity contribution is 5.63. The van der Waals surface area contributed by atoms with E-state index in [0.717, 1.165) is 51.4 Å². The molecule has 0 fully saturated rings. The van der Waals surface area contributed by atoms with Crippen LogP contribution in [0.5, 0.6) is 0 Å². The molecule has 0 aliphatic heterocycles. The van der Waals surface area contributed by atoms with Gasteiger partial charge in [0.1, 0.15) is 0 Å². The topological polar surface area (TPSA) is 24.1 Å². The van der Waals surface area contributed by atoms with Crippen LogP contribution in [0, 0.1) is 27.7 Å². The quantitative estimate of drug-likeness (QED) is 0.175. The van der Waals surface area contributed by atoms with Gasteiger partial charge in [-0.15, -0.1) is 0 Å². The number of anilines is 2. The summed E-state index contributed by atoms with van der Waals surface area (Å²) in [5, 5.41) is 8.58. The van der Waals surface area contributed by atoms with Crippen molar-refractivity contribution in [2.24, 2.45) is 0 Å². The van der Waals surface area contributed by atoms with Crippen molar-refractivity contribution in [2.75, 3.05) is 10.6 Å². The lowest BCUT2D eigenvalue weighted by Gasteiger charge is -2.36.